The van der Waals surface area contributed by atoms with E-state index in [-0.39, 0.29) is 11.7 Å². The van der Waals surface area contributed by atoms with Crippen molar-refractivity contribution in [1.29, 1.82) is 0 Å². The first kappa shape index (κ1) is 16.9. The van der Waals surface area contributed by atoms with Gasteiger partial charge in [-0.05, 0) is 30.4 Å². The lowest BCUT2D eigenvalue weighted by Gasteiger charge is -2.41. The molecule has 0 aromatic carbocycles. The number of hydrogen-bond acceptors (Lipinski definition) is 5. The van der Waals surface area contributed by atoms with E-state index in [2.05, 4.69) is 18.5 Å². The minimum absolute atomic E-state index is 0.0200. The van der Waals surface area contributed by atoms with Gasteiger partial charge in [0.05, 0.1) is 11.7 Å². The molecule has 2 fully saturated rings. The van der Waals surface area contributed by atoms with Gasteiger partial charge in [-0.3, -0.25) is 5.32 Å². The predicted octanol–water partition coefficient (Wildman–Crippen LogP) is 2.37. The van der Waals surface area contributed by atoms with Gasteiger partial charge >= 0.3 is 5.97 Å². The van der Waals surface area contributed by atoms with Crippen molar-refractivity contribution in [2.75, 3.05) is 7.05 Å². The molecular weight excluding hydrogens is 284 g/mol. The molecular formula is C16H24N2O4. The monoisotopic (exact) mass is 308 g/mol. The fraction of sp³-hybridized carbons (Fsp3) is 0.562. The minimum atomic E-state index is -1.07. The van der Waals surface area contributed by atoms with Gasteiger partial charge in [0.25, 0.3) is 0 Å². The number of carboxylic acid groups (broad SMARTS) is 1. The second kappa shape index (κ2) is 7.69. The highest BCUT2D eigenvalue weighted by Crippen LogP contribution is 2.30. The highest BCUT2D eigenvalue weighted by Gasteiger charge is 2.35. The Morgan fingerprint density at radius 1 is 1.36 bits per heavy atom. The molecule has 0 amide bonds. The number of aliphatic carboxylic acids is 1. The van der Waals surface area contributed by atoms with Crippen LogP contribution in [0.15, 0.2) is 36.5 Å². The standard InChI is InChI=1S/C16H24N2O4/c1-4-12(10-11(2)16(19)20)15-17-14(18(3)22-21-15)13-8-6-5-7-9-13/h4,10,13-15,17H,1-2,5-9H2,3H3,(H,19,20)/b12-10+. The molecule has 0 radical (unpaired) electrons. The second-order valence-electron chi connectivity index (χ2n) is 5.79. The molecule has 6 nitrogen and oxygen atoms in total. The molecule has 2 aliphatic rings. The smallest absolute Gasteiger partial charge is 0.335 e. The van der Waals surface area contributed by atoms with Gasteiger partial charge in [0.2, 0.25) is 0 Å². The van der Waals surface area contributed by atoms with Crippen molar-refractivity contribution in [3.63, 3.8) is 0 Å². The van der Waals surface area contributed by atoms with Crippen LogP contribution in [0.5, 0.6) is 0 Å². The van der Waals surface area contributed by atoms with Crippen LogP contribution in [0.3, 0.4) is 0 Å². The molecule has 1 aliphatic carbocycles. The molecule has 0 spiro atoms. The molecule has 2 rings (SSSR count). The van der Waals surface area contributed by atoms with Gasteiger partial charge in [-0.2, -0.15) is 4.89 Å². The van der Waals surface area contributed by atoms with Crippen molar-refractivity contribution in [1.82, 2.24) is 10.4 Å². The van der Waals surface area contributed by atoms with E-state index in [1.807, 2.05) is 7.05 Å². The molecule has 1 heterocycles. The normalized spacial score (nSPS) is 28.3. The van der Waals surface area contributed by atoms with Gasteiger partial charge in [-0.25, -0.2) is 4.79 Å². The maximum Gasteiger partial charge on any atom is 0.335 e. The Kier molecular flexibility index (Phi) is 5.90. The molecule has 0 aromatic rings. The zero-order chi connectivity index (χ0) is 16.1. The number of hydroxylamine groups is 2. The van der Waals surface area contributed by atoms with Crippen molar-refractivity contribution in [2.45, 2.75) is 44.5 Å². The van der Waals surface area contributed by atoms with Gasteiger partial charge in [0, 0.05) is 7.05 Å². The molecule has 0 aromatic heterocycles. The van der Waals surface area contributed by atoms with Gasteiger partial charge in [-0.15, -0.1) is 10.1 Å². The Balaban J connectivity index is 2.09. The number of carboxylic acids is 1. The van der Waals surface area contributed by atoms with Crippen LogP contribution >= 0.6 is 0 Å². The minimum Gasteiger partial charge on any atom is -0.478 e. The van der Waals surface area contributed by atoms with Crippen LogP contribution in [0.25, 0.3) is 0 Å². The van der Waals surface area contributed by atoms with Crippen LogP contribution in [-0.2, 0) is 14.7 Å². The number of nitrogens with one attached hydrogen (secondary N) is 1. The Bertz CT molecular complexity index is 469. The molecule has 2 N–H and O–H groups in total. The fourth-order valence-electron chi connectivity index (χ4n) is 2.98. The summed E-state index contributed by atoms with van der Waals surface area (Å²) < 4.78 is 0. The largest absolute Gasteiger partial charge is 0.478 e. The molecule has 1 saturated carbocycles. The van der Waals surface area contributed by atoms with Gasteiger partial charge in [0.1, 0.15) is 0 Å². The predicted molar refractivity (Wildman–Crippen MR) is 82.3 cm³/mol. The van der Waals surface area contributed by atoms with E-state index in [0.29, 0.717) is 11.5 Å². The second-order valence-corrected chi connectivity index (χ2v) is 5.79. The van der Waals surface area contributed by atoms with Crippen molar-refractivity contribution in [3.8, 4) is 0 Å². The van der Waals surface area contributed by atoms with Crippen LogP contribution in [0.4, 0.5) is 0 Å². The third-order valence-corrected chi connectivity index (χ3v) is 4.22. The molecule has 122 valence electrons. The molecule has 2 unspecified atom stereocenters. The van der Waals surface area contributed by atoms with Crippen molar-refractivity contribution < 1.29 is 19.8 Å². The zero-order valence-corrected chi connectivity index (χ0v) is 13.0. The SMILES string of the molecule is C=C/C(=C\C(=C)C(=O)O)C1NC(C2CCCCC2)N(C)OO1. The first-order chi connectivity index (χ1) is 10.5. The van der Waals surface area contributed by atoms with E-state index in [9.17, 15) is 4.79 Å². The molecule has 2 atom stereocenters. The van der Waals surface area contributed by atoms with Crippen LogP contribution in [0.2, 0.25) is 0 Å². The summed E-state index contributed by atoms with van der Waals surface area (Å²) in [6.45, 7) is 7.22. The maximum absolute atomic E-state index is 10.9. The molecule has 1 saturated heterocycles. The van der Waals surface area contributed by atoms with E-state index in [0.717, 1.165) is 12.8 Å². The van der Waals surface area contributed by atoms with E-state index < -0.39 is 12.2 Å². The lowest BCUT2D eigenvalue weighted by atomic mass is 9.86. The van der Waals surface area contributed by atoms with Crippen LogP contribution in [0, 0.1) is 5.92 Å². The summed E-state index contributed by atoms with van der Waals surface area (Å²) in [5.41, 5.74) is 0.565. The highest BCUT2D eigenvalue weighted by molar-refractivity contribution is 5.89. The lowest BCUT2D eigenvalue weighted by molar-refractivity contribution is -0.479. The number of rotatable bonds is 5. The molecule has 1 aliphatic heterocycles. The Labute approximate surface area is 131 Å². The number of hydrogen-bond donors (Lipinski definition) is 2. The van der Waals surface area contributed by atoms with Gasteiger partial charge in [-0.1, -0.05) is 38.5 Å². The summed E-state index contributed by atoms with van der Waals surface area (Å²) >= 11 is 0. The van der Waals surface area contributed by atoms with E-state index in [4.69, 9.17) is 15.0 Å². The zero-order valence-electron chi connectivity index (χ0n) is 13.0. The summed E-state index contributed by atoms with van der Waals surface area (Å²) in [4.78, 5) is 21.5. The van der Waals surface area contributed by atoms with E-state index >= 15 is 0 Å². The average Bonchev–Trinajstić information content (AvgIpc) is 2.53. The Morgan fingerprint density at radius 3 is 2.64 bits per heavy atom. The fourth-order valence-corrected chi connectivity index (χ4v) is 2.98. The number of carbonyl (C=O) groups is 1. The summed E-state index contributed by atoms with van der Waals surface area (Å²) in [7, 11) is 1.83. The lowest BCUT2D eigenvalue weighted by Crippen LogP contribution is -2.58. The average molecular weight is 308 g/mol. The van der Waals surface area contributed by atoms with Crippen LogP contribution < -0.4 is 5.32 Å². The summed E-state index contributed by atoms with van der Waals surface area (Å²) in [5, 5.41) is 14.0. The van der Waals surface area contributed by atoms with Crippen molar-refractivity contribution >= 4 is 5.97 Å². The third-order valence-electron chi connectivity index (χ3n) is 4.22. The van der Waals surface area contributed by atoms with Gasteiger partial charge < -0.3 is 5.11 Å². The van der Waals surface area contributed by atoms with Crippen molar-refractivity contribution in [2.24, 2.45) is 5.92 Å². The quantitative estimate of drug-likeness (QED) is 0.461. The van der Waals surface area contributed by atoms with Crippen LogP contribution in [-0.4, -0.2) is 35.6 Å². The molecule has 0 bridgehead atoms. The summed E-state index contributed by atoms with van der Waals surface area (Å²) in [6, 6.07) is 0. The topological polar surface area (TPSA) is 71.0 Å². The van der Waals surface area contributed by atoms with E-state index in [1.165, 1.54) is 25.3 Å². The Morgan fingerprint density at radius 2 is 2.05 bits per heavy atom. The highest BCUT2D eigenvalue weighted by atomic mass is 17.3. The van der Waals surface area contributed by atoms with Crippen LogP contribution in [0.1, 0.15) is 32.1 Å². The number of nitrogens with zero attached hydrogens (tertiary/aromatic N) is 1. The summed E-state index contributed by atoms with van der Waals surface area (Å²) in [5.74, 6) is -0.587. The molecule has 6 heteroatoms. The third kappa shape index (κ3) is 4.04. The first-order valence-electron chi connectivity index (χ1n) is 7.61. The van der Waals surface area contributed by atoms with Gasteiger partial charge in [0.15, 0.2) is 6.23 Å². The first-order valence-corrected chi connectivity index (χ1v) is 7.61. The van der Waals surface area contributed by atoms with Crippen molar-refractivity contribution in [3.05, 3.63) is 36.5 Å². The van der Waals surface area contributed by atoms with E-state index in [1.54, 1.807) is 11.1 Å². The molecule has 22 heavy (non-hydrogen) atoms. The summed E-state index contributed by atoms with van der Waals surface area (Å²) in [6.07, 6.45) is 8.49. The maximum atomic E-state index is 10.9. The Hall–Kier alpha value is -1.47.